The molecular weight excluding hydrogens is 220 g/mol. The number of carbonyl (C=O) groups is 1. The van der Waals surface area contributed by atoms with E-state index in [4.69, 9.17) is 10.5 Å². The standard InChI is InChI=1S/C11H18N4O2/c1-7(2)10(12)11(16)13-6-8-4-5-9(17-3)15-14-8/h4-5,7,10H,6,12H2,1-3H3,(H,13,16). The molecule has 1 rings (SSSR count). The zero-order valence-electron chi connectivity index (χ0n) is 10.3. The van der Waals surface area contributed by atoms with Crippen LogP contribution in [-0.2, 0) is 11.3 Å². The minimum Gasteiger partial charge on any atom is -0.480 e. The fourth-order valence-corrected chi connectivity index (χ4v) is 1.15. The number of ether oxygens (including phenoxy) is 1. The molecule has 0 aromatic carbocycles. The highest BCUT2D eigenvalue weighted by molar-refractivity contribution is 5.81. The second-order valence-electron chi connectivity index (χ2n) is 4.05. The van der Waals surface area contributed by atoms with E-state index in [-0.39, 0.29) is 11.8 Å². The topological polar surface area (TPSA) is 90.1 Å². The molecule has 17 heavy (non-hydrogen) atoms. The summed E-state index contributed by atoms with van der Waals surface area (Å²) < 4.78 is 4.88. The zero-order valence-corrected chi connectivity index (χ0v) is 10.3. The van der Waals surface area contributed by atoms with Crippen LogP contribution in [-0.4, -0.2) is 29.3 Å². The van der Waals surface area contributed by atoms with Crippen molar-refractivity contribution in [1.29, 1.82) is 0 Å². The van der Waals surface area contributed by atoms with Crippen molar-refractivity contribution < 1.29 is 9.53 Å². The third-order valence-corrected chi connectivity index (χ3v) is 2.37. The Bertz CT molecular complexity index is 364. The number of nitrogens with one attached hydrogen (secondary N) is 1. The molecule has 0 bridgehead atoms. The van der Waals surface area contributed by atoms with Crippen molar-refractivity contribution in [1.82, 2.24) is 15.5 Å². The summed E-state index contributed by atoms with van der Waals surface area (Å²) >= 11 is 0. The molecule has 0 spiro atoms. The number of rotatable bonds is 5. The average Bonchev–Trinajstić information content (AvgIpc) is 2.35. The van der Waals surface area contributed by atoms with Crippen molar-refractivity contribution >= 4 is 5.91 Å². The molecule has 1 unspecified atom stereocenters. The van der Waals surface area contributed by atoms with Gasteiger partial charge in [0.2, 0.25) is 11.8 Å². The van der Waals surface area contributed by atoms with E-state index >= 15 is 0 Å². The number of methoxy groups -OCH3 is 1. The van der Waals surface area contributed by atoms with E-state index in [2.05, 4.69) is 15.5 Å². The minimum absolute atomic E-state index is 0.108. The Hall–Kier alpha value is -1.69. The van der Waals surface area contributed by atoms with Gasteiger partial charge in [0, 0.05) is 6.07 Å². The van der Waals surface area contributed by atoms with Gasteiger partial charge in [0.05, 0.1) is 25.4 Å². The number of nitrogens with zero attached hydrogens (tertiary/aromatic N) is 2. The van der Waals surface area contributed by atoms with E-state index in [1.807, 2.05) is 13.8 Å². The fraction of sp³-hybridized carbons (Fsp3) is 0.545. The van der Waals surface area contributed by atoms with E-state index in [0.29, 0.717) is 18.1 Å². The first-order valence-electron chi connectivity index (χ1n) is 5.44. The van der Waals surface area contributed by atoms with Crippen LogP contribution in [0.4, 0.5) is 0 Å². The summed E-state index contributed by atoms with van der Waals surface area (Å²) in [6.45, 7) is 4.12. The summed E-state index contributed by atoms with van der Waals surface area (Å²) in [5.41, 5.74) is 6.36. The van der Waals surface area contributed by atoms with E-state index in [1.54, 1.807) is 12.1 Å². The number of carbonyl (C=O) groups excluding carboxylic acids is 1. The molecule has 1 heterocycles. The van der Waals surface area contributed by atoms with E-state index < -0.39 is 6.04 Å². The Labute approximate surface area is 101 Å². The van der Waals surface area contributed by atoms with Crippen LogP contribution >= 0.6 is 0 Å². The highest BCUT2D eigenvalue weighted by Crippen LogP contribution is 2.03. The quantitative estimate of drug-likeness (QED) is 0.758. The smallest absolute Gasteiger partial charge is 0.237 e. The molecule has 0 aliphatic rings. The van der Waals surface area contributed by atoms with Gasteiger partial charge in [-0.1, -0.05) is 13.8 Å². The van der Waals surface area contributed by atoms with Crippen molar-refractivity contribution in [2.45, 2.75) is 26.4 Å². The van der Waals surface area contributed by atoms with Crippen molar-refractivity contribution in [3.8, 4) is 5.88 Å². The van der Waals surface area contributed by atoms with Crippen LogP contribution in [0.2, 0.25) is 0 Å². The zero-order chi connectivity index (χ0) is 12.8. The van der Waals surface area contributed by atoms with Gasteiger partial charge in [-0.15, -0.1) is 5.10 Å². The highest BCUT2D eigenvalue weighted by Gasteiger charge is 2.16. The van der Waals surface area contributed by atoms with Crippen LogP contribution in [0.5, 0.6) is 5.88 Å². The molecule has 0 saturated carbocycles. The summed E-state index contributed by atoms with van der Waals surface area (Å²) in [6.07, 6.45) is 0. The maximum Gasteiger partial charge on any atom is 0.237 e. The summed E-state index contributed by atoms with van der Waals surface area (Å²) in [7, 11) is 1.52. The van der Waals surface area contributed by atoms with Gasteiger partial charge in [0.1, 0.15) is 0 Å². The van der Waals surface area contributed by atoms with E-state index in [1.165, 1.54) is 7.11 Å². The Morgan fingerprint density at radius 1 is 1.47 bits per heavy atom. The molecule has 0 radical (unpaired) electrons. The van der Waals surface area contributed by atoms with Gasteiger partial charge in [-0.2, -0.15) is 5.10 Å². The maximum atomic E-state index is 11.6. The summed E-state index contributed by atoms with van der Waals surface area (Å²) in [5.74, 6) is 0.369. The molecule has 94 valence electrons. The Morgan fingerprint density at radius 2 is 2.18 bits per heavy atom. The predicted octanol–water partition coefficient (Wildman–Crippen LogP) is 0.0847. The third kappa shape index (κ3) is 3.99. The Kier molecular flexibility index (Phi) is 4.84. The Balaban J connectivity index is 2.47. The van der Waals surface area contributed by atoms with Gasteiger partial charge in [0.25, 0.3) is 0 Å². The molecule has 1 aromatic rings. The van der Waals surface area contributed by atoms with Gasteiger partial charge in [-0.05, 0) is 12.0 Å². The number of aromatic nitrogens is 2. The van der Waals surface area contributed by atoms with Crippen molar-refractivity contribution in [2.75, 3.05) is 7.11 Å². The molecule has 0 aliphatic carbocycles. The molecule has 1 aromatic heterocycles. The molecular formula is C11H18N4O2. The number of nitrogens with two attached hydrogens (primary N) is 1. The van der Waals surface area contributed by atoms with Crippen molar-refractivity contribution in [3.63, 3.8) is 0 Å². The lowest BCUT2D eigenvalue weighted by atomic mass is 10.1. The van der Waals surface area contributed by atoms with Gasteiger partial charge < -0.3 is 15.8 Å². The molecule has 1 amide bonds. The van der Waals surface area contributed by atoms with Crippen LogP contribution in [0.3, 0.4) is 0 Å². The van der Waals surface area contributed by atoms with Gasteiger partial charge in [-0.25, -0.2) is 0 Å². The minimum atomic E-state index is -0.499. The SMILES string of the molecule is COc1ccc(CNC(=O)C(N)C(C)C)nn1. The first-order chi connectivity index (χ1) is 8.04. The predicted molar refractivity (Wildman–Crippen MR) is 63.2 cm³/mol. The van der Waals surface area contributed by atoms with E-state index in [9.17, 15) is 4.79 Å². The maximum absolute atomic E-state index is 11.6. The van der Waals surface area contributed by atoms with E-state index in [0.717, 1.165) is 0 Å². The monoisotopic (exact) mass is 238 g/mol. The van der Waals surface area contributed by atoms with Crippen LogP contribution in [0.15, 0.2) is 12.1 Å². The van der Waals surface area contributed by atoms with Crippen LogP contribution in [0, 0.1) is 5.92 Å². The fourth-order valence-electron chi connectivity index (χ4n) is 1.15. The van der Waals surface area contributed by atoms with Crippen molar-refractivity contribution in [2.24, 2.45) is 11.7 Å². The van der Waals surface area contributed by atoms with Gasteiger partial charge >= 0.3 is 0 Å². The van der Waals surface area contributed by atoms with Crippen LogP contribution in [0.1, 0.15) is 19.5 Å². The summed E-state index contributed by atoms with van der Waals surface area (Å²) in [6, 6.07) is 2.94. The highest BCUT2D eigenvalue weighted by atomic mass is 16.5. The van der Waals surface area contributed by atoms with Crippen molar-refractivity contribution in [3.05, 3.63) is 17.8 Å². The molecule has 6 heteroatoms. The largest absolute Gasteiger partial charge is 0.480 e. The average molecular weight is 238 g/mol. The Morgan fingerprint density at radius 3 is 2.65 bits per heavy atom. The second kappa shape index (κ2) is 6.15. The van der Waals surface area contributed by atoms with Crippen LogP contribution in [0.25, 0.3) is 0 Å². The molecule has 6 nitrogen and oxygen atoms in total. The first-order valence-corrected chi connectivity index (χ1v) is 5.44. The molecule has 0 fully saturated rings. The van der Waals surface area contributed by atoms with Crippen LogP contribution < -0.4 is 15.8 Å². The second-order valence-corrected chi connectivity index (χ2v) is 4.05. The lowest BCUT2D eigenvalue weighted by Crippen LogP contribution is -2.43. The molecule has 0 saturated heterocycles. The van der Waals surface area contributed by atoms with Gasteiger partial charge in [-0.3, -0.25) is 4.79 Å². The lowest BCUT2D eigenvalue weighted by molar-refractivity contribution is -0.123. The molecule has 3 N–H and O–H groups in total. The molecule has 1 atom stereocenters. The molecule has 0 aliphatic heterocycles. The van der Waals surface area contributed by atoms with Gasteiger partial charge in [0.15, 0.2) is 0 Å². The number of hydrogen-bond donors (Lipinski definition) is 2. The summed E-state index contributed by atoms with van der Waals surface area (Å²) in [4.78, 5) is 11.6. The normalized spacial score (nSPS) is 12.3. The first kappa shape index (κ1) is 13.4. The number of hydrogen-bond acceptors (Lipinski definition) is 5. The summed E-state index contributed by atoms with van der Waals surface area (Å²) in [5, 5.41) is 10.4. The lowest BCUT2D eigenvalue weighted by Gasteiger charge is -2.14. The third-order valence-electron chi connectivity index (χ3n) is 2.37. The number of amides is 1.